The SMILES string of the molecule is NC(=O)c1c(OC2CC3(CC(NC(=O)c4cnn5cc(OCC(O)(C(F)(F)F)C(F)(F)F)ccc45)C3)C2)nn2ccccc12. The van der Waals surface area contributed by atoms with Crippen LogP contribution in [0, 0.1) is 5.41 Å². The van der Waals surface area contributed by atoms with E-state index in [0.717, 1.165) is 16.8 Å². The highest BCUT2D eigenvalue weighted by atomic mass is 19.4. The molecule has 234 valence electrons. The molecule has 4 aromatic heterocycles. The Morgan fingerprint density at radius 2 is 1.73 bits per heavy atom. The van der Waals surface area contributed by atoms with E-state index in [2.05, 4.69) is 20.3 Å². The summed E-state index contributed by atoms with van der Waals surface area (Å²) in [6.07, 6.45) is -5.56. The van der Waals surface area contributed by atoms with Crippen molar-refractivity contribution in [2.24, 2.45) is 11.1 Å². The molecule has 17 heteroatoms. The van der Waals surface area contributed by atoms with Crippen LogP contribution in [-0.2, 0) is 0 Å². The summed E-state index contributed by atoms with van der Waals surface area (Å²) in [6.45, 7) is -2.12. The van der Waals surface area contributed by atoms with Crippen molar-refractivity contribution in [2.45, 2.75) is 55.8 Å². The van der Waals surface area contributed by atoms with Crippen molar-refractivity contribution in [2.75, 3.05) is 6.61 Å². The molecule has 2 saturated carbocycles. The molecule has 1 spiro atoms. The van der Waals surface area contributed by atoms with Crippen LogP contribution in [0.25, 0.3) is 11.0 Å². The van der Waals surface area contributed by atoms with Crippen LogP contribution in [0.3, 0.4) is 0 Å². The minimum atomic E-state index is -6.02. The van der Waals surface area contributed by atoms with Crippen molar-refractivity contribution in [3.8, 4) is 11.6 Å². The van der Waals surface area contributed by atoms with Gasteiger partial charge in [0.1, 0.15) is 24.0 Å². The number of nitrogens with one attached hydrogen (secondary N) is 1. The standard InChI is InChI=1S/C27H24F6N6O5/c28-26(29,30)25(42,27(31,32)33)13-43-15-4-5-18-17(11-35-39(18)12-15)22(41)36-14-7-24(8-14)9-16(10-24)44-23-20(21(34)40)19-3-1-2-6-38(19)37-23/h1-6,11-12,14,16,42H,7-10,13H2,(H2,34,40)(H,36,41). The number of pyridine rings is 2. The summed E-state index contributed by atoms with van der Waals surface area (Å²) in [5.41, 5.74) is 1.57. The first-order chi connectivity index (χ1) is 20.6. The van der Waals surface area contributed by atoms with Crippen molar-refractivity contribution >= 4 is 22.8 Å². The summed E-state index contributed by atoms with van der Waals surface area (Å²) >= 11 is 0. The Bertz CT molecular complexity index is 1740. The number of rotatable bonds is 8. The highest BCUT2D eigenvalue weighted by Gasteiger charge is 2.71. The Labute approximate surface area is 243 Å². The molecule has 4 N–H and O–H groups in total. The number of aromatic nitrogens is 4. The molecular weight excluding hydrogens is 602 g/mol. The van der Waals surface area contributed by atoms with Gasteiger partial charge in [-0.15, -0.1) is 5.10 Å². The van der Waals surface area contributed by atoms with Gasteiger partial charge in [-0.1, -0.05) is 6.07 Å². The van der Waals surface area contributed by atoms with Gasteiger partial charge in [0, 0.05) is 12.2 Å². The zero-order valence-electron chi connectivity index (χ0n) is 22.5. The molecule has 4 heterocycles. The summed E-state index contributed by atoms with van der Waals surface area (Å²) in [7, 11) is 0. The fourth-order valence-electron chi connectivity index (χ4n) is 5.86. The third-order valence-electron chi connectivity index (χ3n) is 8.17. The molecule has 2 amide bonds. The predicted molar refractivity (Wildman–Crippen MR) is 138 cm³/mol. The van der Waals surface area contributed by atoms with E-state index in [4.69, 9.17) is 10.5 Å². The van der Waals surface area contributed by atoms with Crippen LogP contribution in [-0.4, -0.2) is 72.9 Å². The van der Waals surface area contributed by atoms with Crippen LogP contribution >= 0.6 is 0 Å². The zero-order chi connectivity index (χ0) is 31.7. The minimum Gasteiger partial charge on any atom is -0.488 e. The van der Waals surface area contributed by atoms with Crippen molar-refractivity contribution in [3.05, 3.63) is 60.0 Å². The van der Waals surface area contributed by atoms with E-state index in [1.54, 1.807) is 24.4 Å². The zero-order valence-corrected chi connectivity index (χ0v) is 22.5. The highest BCUT2D eigenvalue weighted by molar-refractivity contribution is 6.02. The quantitative estimate of drug-likeness (QED) is 0.254. The first kappa shape index (κ1) is 29.5. The van der Waals surface area contributed by atoms with E-state index < -0.39 is 42.1 Å². The van der Waals surface area contributed by atoms with Gasteiger partial charge in [0.05, 0.1) is 29.0 Å². The summed E-state index contributed by atoms with van der Waals surface area (Å²) in [5, 5.41) is 20.4. The van der Waals surface area contributed by atoms with Crippen molar-refractivity contribution in [1.82, 2.24) is 24.5 Å². The predicted octanol–water partition coefficient (Wildman–Crippen LogP) is 3.44. The number of hydrogen-bond donors (Lipinski definition) is 3. The Balaban J connectivity index is 1.03. The van der Waals surface area contributed by atoms with Crippen molar-refractivity contribution < 1.29 is 50.5 Å². The third kappa shape index (κ3) is 4.93. The molecule has 2 aliphatic rings. The van der Waals surface area contributed by atoms with Crippen molar-refractivity contribution in [1.29, 1.82) is 0 Å². The molecule has 2 aliphatic carbocycles. The molecule has 11 nitrogen and oxygen atoms in total. The summed E-state index contributed by atoms with van der Waals surface area (Å²) in [5.74, 6) is -1.37. The molecule has 0 aliphatic heterocycles. The number of hydrogen-bond acceptors (Lipinski definition) is 7. The van der Waals surface area contributed by atoms with Crippen LogP contribution in [0.2, 0.25) is 0 Å². The maximum atomic E-state index is 12.9. The monoisotopic (exact) mass is 626 g/mol. The Morgan fingerprint density at radius 1 is 1.02 bits per heavy atom. The fourth-order valence-corrected chi connectivity index (χ4v) is 5.86. The maximum absolute atomic E-state index is 12.9. The maximum Gasteiger partial charge on any atom is 0.429 e. The van der Waals surface area contributed by atoms with E-state index >= 15 is 0 Å². The molecular formula is C27H24F6N6O5. The molecule has 4 aromatic rings. The van der Waals surface area contributed by atoms with Gasteiger partial charge in [-0.25, -0.2) is 9.03 Å². The van der Waals surface area contributed by atoms with Crippen LogP contribution < -0.4 is 20.5 Å². The van der Waals surface area contributed by atoms with Gasteiger partial charge in [-0.05, 0) is 55.4 Å². The first-order valence-electron chi connectivity index (χ1n) is 13.3. The number of primary amides is 1. The lowest BCUT2D eigenvalue weighted by Crippen LogP contribution is -2.60. The number of carbonyl (C=O) groups is 2. The van der Waals surface area contributed by atoms with Crippen LogP contribution in [0.1, 0.15) is 46.4 Å². The molecule has 0 radical (unpaired) electrons. The lowest BCUT2D eigenvalue weighted by molar-refractivity contribution is -0.373. The van der Waals surface area contributed by atoms with E-state index in [0.29, 0.717) is 31.2 Å². The molecule has 0 unspecified atom stereocenters. The number of ether oxygens (including phenoxy) is 2. The van der Waals surface area contributed by atoms with Crippen molar-refractivity contribution in [3.63, 3.8) is 0 Å². The number of carbonyl (C=O) groups excluding carboxylic acids is 2. The molecule has 6 rings (SSSR count). The first-order valence-corrected chi connectivity index (χ1v) is 13.3. The number of nitrogens with zero attached hydrogens (tertiary/aromatic N) is 4. The normalized spacial score (nSPS) is 22.1. The Kier molecular flexibility index (Phi) is 6.71. The molecule has 0 bridgehead atoms. The minimum absolute atomic E-state index is 0.0310. The second kappa shape index (κ2) is 10.0. The van der Waals surface area contributed by atoms with Gasteiger partial charge < -0.3 is 25.6 Å². The Hall–Kier alpha value is -4.54. The third-order valence-corrected chi connectivity index (χ3v) is 8.17. The van der Waals surface area contributed by atoms with Gasteiger partial charge in [-0.3, -0.25) is 9.59 Å². The molecule has 2 fully saturated rings. The van der Waals surface area contributed by atoms with Crippen LogP contribution in [0.4, 0.5) is 26.3 Å². The number of halogens is 6. The lowest BCUT2D eigenvalue weighted by atomic mass is 9.53. The number of aliphatic hydroxyl groups is 1. The fraction of sp³-hybridized carbons (Fsp3) is 0.407. The second-order valence-electron chi connectivity index (χ2n) is 11.2. The van der Waals surface area contributed by atoms with Gasteiger partial charge in [-0.2, -0.15) is 31.4 Å². The van der Waals surface area contributed by atoms with E-state index in [1.165, 1.54) is 16.8 Å². The van der Waals surface area contributed by atoms with Gasteiger partial charge in [0.25, 0.3) is 17.4 Å². The van der Waals surface area contributed by atoms with E-state index in [-0.39, 0.29) is 40.1 Å². The number of nitrogens with two attached hydrogens (primary N) is 1. The smallest absolute Gasteiger partial charge is 0.429 e. The highest BCUT2D eigenvalue weighted by Crippen LogP contribution is 2.57. The molecule has 44 heavy (non-hydrogen) atoms. The second-order valence-corrected chi connectivity index (χ2v) is 11.2. The average Bonchev–Trinajstić information content (AvgIpc) is 3.48. The van der Waals surface area contributed by atoms with E-state index in [9.17, 15) is 41.0 Å². The molecule has 0 aromatic carbocycles. The summed E-state index contributed by atoms with van der Waals surface area (Å²) in [4.78, 5) is 24.9. The number of alkyl halides is 6. The average molecular weight is 627 g/mol. The largest absolute Gasteiger partial charge is 0.488 e. The number of fused-ring (bicyclic) bond motifs is 2. The molecule has 0 atom stereocenters. The lowest BCUT2D eigenvalue weighted by Gasteiger charge is -2.57. The van der Waals surface area contributed by atoms with Gasteiger partial charge in [0.15, 0.2) is 0 Å². The number of amides is 2. The van der Waals surface area contributed by atoms with Gasteiger partial charge in [0.2, 0.25) is 5.88 Å². The van der Waals surface area contributed by atoms with E-state index in [1.807, 2.05) is 0 Å². The Morgan fingerprint density at radius 3 is 2.39 bits per heavy atom. The summed E-state index contributed by atoms with van der Waals surface area (Å²) in [6, 6.07) is 7.43. The van der Waals surface area contributed by atoms with Crippen LogP contribution in [0.15, 0.2) is 48.9 Å². The van der Waals surface area contributed by atoms with Crippen LogP contribution in [0.5, 0.6) is 11.6 Å². The molecule has 0 saturated heterocycles. The topological polar surface area (TPSA) is 145 Å². The summed E-state index contributed by atoms with van der Waals surface area (Å²) < 4.78 is 90.7. The van der Waals surface area contributed by atoms with Gasteiger partial charge >= 0.3 is 12.4 Å².